The van der Waals surface area contributed by atoms with Gasteiger partial charge in [-0.15, -0.1) is 5.54 Å². The summed E-state index contributed by atoms with van der Waals surface area (Å²) in [4.78, 5) is 4.19. The predicted molar refractivity (Wildman–Crippen MR) is 194 cm³/mol. The van der Waals surface area contributed by atoms with E-state index in [1.54, 1.807) is 12.5 Å². The average molecular weight is 707 g/mol. The number of aliphatic hydroxyl groups is 2. The number of allylic oxidation sites excluding steroid dienone is 1. The molecule has 3 unspecified atom stereocenters. The van der Waals surface area contributed by atoms with E-state index in [0.29, 0.717) is 58.2 Å². The third-order valence-electron chi connectivity index (χ3n) is 14.3. The smallest absolute Gasteiger partial charge is 0.336 e. The fourth-order valence-electron chi connectivity index (χ4n) is 11.8. The number of ether oxygens (including phenoxy) is 2. The van der Waals surface area contributed by atoms with Gasteiger partial charge in [0.25, 0.3) is 0 Å². The van der Waals surface area contributed by atoms with Gasteiger partial charge >= 0.3 is 5.92 Å². The number of halogens is 2. The van der Waals surface area contributed by atoms with Crippen molar-refractivity contribution in [1.82, 2.24) is 9.55 Å². The van der Waals surface area contributed by atoms with Crippen molar-refractivity contribution in [2.24, 2.45) is 17.3 Å². The summed E-state index contributed by atoms with van der Waals surface area (Å²) in [5, 5.41) is 25.0. The molecule has 2 heterocycles. The Kier molecular flexibility index (Phi) is 8.91. The second-order valence-corrected chi connectivity index (χ2v) is 22.9. The topological polar surface area (TPSA) is 76.7 Å². The van der Waals surface area contributed by atoms with Crippen LogP contribution in [0, 0.1) is 28.7 Å². The van der Waals surface area contributed by atoms with Crippen LogP contribution in [-0.4, -0.2) is 64.0 Å². The highest BCUT2D eigenvalue weighted by Gasteiger charge is 2.72. The summed E-state index contributed by atoms with van der Waals surface area (Å²) in [5.41, 5.74) is 3.71. The summed E-state index contributed by atoms with van der Waals surface area (Å²) < 4.78 is 48.2. The van der Waals surface area contributed by atoms with Crippen molar-refractivity contribution in [2.45, 2.75) is 145 Å². The monoisotopic (exact) mass is 706 g/mol. The van der Waals surface area contributed by atoms with Gasteiger partial charge in [0.1, 0.15) is 13.7 Å². The maximum atomic E-state index is 17.0. The van der Waals surface area contributed by atoms with Gasteiger partial charge in [-0.1, -0.05) is 66.2 Å². The minimum atomic E-state index is -3.57. The van der Waals surface area contributed by atoms with Gasteiger partial charge in [-0.3, -0.25) is 0 Å². The lowest BCUT2D eigenvalue weighted by Gasteiger charge is -2.58. The molecule has 0 radical (unpaired) electrons. The molecule has 3 saturated carbocycles. The Bertz CT molecular complexity index is 1650. The highest BCUT2D eigenvalue weighted by atomic mass is 28.3. The molecular formula is C41H56F2N2O4Si. The summed E-state index contributed by atoms with van der Waals surface area (Å²) in [6.07, 6.45) is 9.18. The molecule has 7 rings (SSSR count). The van der Waals surface area contributed by atoms with Crippen LogP contribution in [-0.2, 0) is 9.47 Å². The van der Waals surface area contributed by atoms with Gasteiger partial charge in [0, 0.05) is 42.3 Å². The van der Waals surface area contributed by atoms with Gasteiger partial charge < -0.3 is 24.3 Å². The van der Waals surface area contributed by atoms with Crippen molar-refractivity contribution >= 4 is 8.07 Å². The van der Waals surface area contributed by atoms with Gasteiger partial charge in [-0.2, -0.15) is 8.78 Å². The Morgan fingerprint density at radius 2 is 1.62 bits per heavy atom. The van der Waals surface area contributed by atoms with Crippen LogP contribution in [0.1, 0.15) is 111 Å². The first kappa shape index (κ1) is 36.0. The number of hydrogen-bond donors (Lipinski definition) is 2. The van der Waals surface area contributed by atoms with Gasteiger partial charge in [-0.25, -0.2) is 4.98 Å². The molecule has 1 aromatic carbocycles. The number of hydrogen-bond acceptors (Lipinski definition) is 5. The van der Waals surface area contributed by atoms with Crippen molar-refractivity contribution in [1.29, 1.82) is 0 Å². The molecule has 4 fully saturated rings. The predicted octanol–water partition coefficient (Wildman–Crippen LogP) is 8.73. The van der Waals surface area contributed by atoms with Crippen LogP contribution in [0.3, 0.4) is 0 Å². The van der Waals surface area contributed by atoms with E-state index >= 15 is 8.78 Å². The second kappa shape index (κ2) is 12.4. The number of imidazole rings is 1. The highest BCUT2D eigenvalue weighted by molar-refractivity contribution is 6.90. The SMILES string of the molecule is CC(C)[Si](C#CC(F)(F)[C@]1(O)CCC2C3CC[C@@]4(O)CC5(CCC4=C3C(c3ccc(-n4ccnc4)cc3)C[C@@]21C)OCCO5)(C(C)C)C(C)C. The zero-order valence-electron chi connectivity index (χ0n) is 30.9. The molecular weight excluding hydrogens is 651 g/mol. The first-order chi connectivity index (χ1) is 23.5. The Hall–Kier alpha value is -2.35. The number of aromatic nitrogens is 2. The number of rotatable bonds is 6. The Morgan fingerprint density at radius 1 is 0.960 bits per heavy atom. The number of fused-ring (bicyclic) bond motifs is 4. The summed E-state index contributed by atoms with van der Waals surface area (Å²) in [6.45, 7) is 15.7. The third kappa shape index (κ3) is 5.25. The van der Waals surface area contributed by atoms with Gasteiger partial charge in [0.2, 0.25) is 0 Å². The van der Waals surface area contributed by atoms with Crippen LogP contribution in [0.4, 0.5) is 8.78 Å². The Balaban J connectivity index is 1.33. The summed E-state index contributed by atoms with van der Waals surface area (Å²) >= 11 is 0. The van der Waals surface area contributed by atoms with Crippen LogP contribution in [0.5, 0.6) is 0 Å². The van der Waals surface area contributed by atoms with Gasteiger partial charge in [-0.05, 0) is 96.2 Å². The lowest BCUT2D eigenvalue weighted by molar-refractivity contribution is -0.216. The first-order valence-corrected chi connectivity index (χ1v) is 21.2. The number of alkyl halides is 2. The Morgan fingerprint density at radius 3 is 2.22 bits per heavy atom. The van der Waals surface area contributed by atoms with Gasteiger partial charge in [0.15, 0.2) is 5.79 Å². The summed E-state index contributed by atoms with van der Waals surface area (Å²) in [6, 6.07) is 8.28. The molecule has 9 heteroatoms. The first-order valence-electron chi connectivity index (χ1n) is 19.0. The van der Waals surface area contributed by atoms with Crippen molar-refractivity contribution in [3.63, 3.8) is 0 Å². The van der Waals surface area contributed by atoms with E-state index in [1.807, 2.05) is 29.8 Å². The molecule has 2 aromatic rings. The van der Waals surface area contributed by atoms with Crippen molar-refractivity contribution in [3.8, 4) is 17.2 Å². The van der Waals surface area contributed by atoms with Crippen LogP contribution in [0.15, 0.2) is 54.1 Å². The van der Waals surface area contributed by atoms with E-state index in [9.17, 15) is 10.2 Å². The number of nitrogens with zero attached hydrogens (tertiary/aromatic N) is 2. The van der Waals surface area contributed by atoms with Crippen molar-refractivity contribution < 1.29 is 28.5 Å². The maximum absolute atomic E-state index is 17.0. The molecule has 6 nitrogen and oxygen atoms in total. The number of benzene rings is 1. The third-order valence-corrected chi connectivity index (χ3v) is 20.6. The van der Waals surface area contributed by atoms with E-state index in [0.717, 1.165) is 16.8 Å². The fourth-order valence-corrected chi connectivity index (χ4v) is 17.1. The average Bonchev–Trinajstić information content (AvgIpc) is 3.81. The van der Waals surface area contributed by atoms with E-state index < -0.39 is 36.4 Å². The lowest BCUT2D eigenvalue weighted by Crippen LogP contribution is -2.61. The maximum Gasteiger partial charge on any atom is 0.336 e. The van der Waals surface area contributed by atoms with Crippen LogP contribution < -0.4 is 0 Å². The van der Waals surface area contributed by atoms with Crippen molar-refractivity contribution in [2.75, 3.05) is 13.2 Å². The molecule has 0 amide bonds. The van der Waals surface area contributed by atoms with E-state index in [4.69, 9.17) is 9.47 Å². The molecule has 2 N–H and O–H groups in total. The molecule has 0 bridgehead atoms. The molecule has 4 aliphatic carbocycles. The van der Waals surface area contributed by atoms with Crippen LogP contribution in [0.2, 0.25) is 16.6 Å². The quantitative estimate of drug-likeness (QED) is 0.179. The molecule has 1 spiro atoms. The highest BCUT2D eigenvalue weighted by Crippen LogP contribution is 2.70. The summed E-state index contributed by atoms with van der Waals surface area (Å²) in [5.74, 6) is -2.18. The van der Waals surface area contributed by atoms with Gasteiger partial charge in [0.05, 0.1) is 25.1 Å². The zero-order valence-corrected chi connectivity index (χ0v) is 31.9. The standard InChI is InChI=1S/C41H56F2N2O4Si/c1-27(2)50(28(3)4,29(5)6)23-18-41(42,43)40(47)17-14-34-32-12-15-38(46)25-39(48-21-22-49-39)16-13-35(38)36(32)33(24-37(34,40)7)30-8-10-31(11-9-30)45-20-19-44-26-45/h8-11,19-20,26-29,32-34,46-47H,12-17,21-22,24-25H2,1-7H3/t32?,33?,34?,37-,38+,40-/m0/s1. The molecule has 1 saturated heterocycles. The molecule has 272 valence electrons. The molecule has 5 aliphatic rings. The molecule has 1 aromatic heterocycles. The summed E-state index contributed by atoms with van der Waals surface area (Å²) in [7, 11) is -2.47. The molecule has 50 heavy (non-hydrogen) atoms. The van der Waals surface area contributed by atoms with Crippen LogP contribution in [0.25, 0.3) is 5.69 Å². The van der Waals surface area contributed by atoms with E-state index in [-0.39, 0.29) is 40.8 Å². The molecule has 1 aliphatic heterocycles. The van der Waals surface area contributed by atoms with Crippen LogP contribution >= 0.6 is 0 Å². The fraction of sp³-hybridized carbons (Fsp3) is 0.683. The van der Waals surface area contributed by atoms with E-state index in [1.165, 1.54) is 5.57 Å². The van der Waals surface area contributed by atoms with E-state index in [2.05, 4.69) is 70.1 Å². The molecule has 6 atom stereocenters. The Labute approximate surface area is 298 Å². The normalized spacial score (nSPS) is 33.8. The second-order valence-electron chi connectivity index (χ2n) is 17.4. The van der Waals surface area contributed by atoms with Crippen molar-refractivity contribution in [3.05, 3.63) is 59.7 Å². The minimum Gasteiger partial charge on any atom is -0.385 e. The zero-order chi connectivity index (χ0) is 35.9. The minimum absolute atomic E-state index is 0.00982. The lowest BCUT2D eigenvalue weighted by atomic mass is 9.49. The largest absolute Gasteiger partial charge is 0.385 e.